The number of alkyl halides is 3. The van der Waals surface area contributed by atoms with Crippen molar-refractivity contribution in [1.29, 1.82) is 0 Å². The Hall–Kier alpha value is -2.05. The molecule has 3 nitrogen and oxygen atoms in total. The maximum absolute atomic E-state index is 12.7. The van der Waals surface area contributed by atoms with E-state index in [-0.39, 0.29) is 18.2 Å². The third-order valence-corrected chi connectivity index (χ3v) is 3.58. The van der Waals surface area contributed by atoms with Crippen molar-refractivity contribution in [1.82, 2.24) is 0 Å². The summed E-state index contributed by atoms with van der Waals surface area (Å²) >= 11 is 5.55. The fourth-order valence-corrected chi connectivity index (χ4v) is 2.19. The van der Waals surface area contributed by atoms with Crippen LogP contribution in [0.4, 0.5) is 13.2 Å². The maximum Gasteiger partial charge on any atom is 0.417 e. The van der Waals surface area contributed by atoms with Crippen molar-refractivity contribution in [3.63, 3.8) is 0 Å². The molecule has 0 saturated heterocycles. The summed E-state index contributed by atoms with van der Waals surface area (Å²) < 4.78 is 38.2. The van der Waals surface area contributed by atoms with Crippen molar-refractivity contribution in [2.45, 2.75) is 25.8 Å². The fourth-order valence-electron chi connectivity index (χ4n) is 1.97. The van der Waals surface area contributed by atoms with Crippen molar-refractivity contribution in [3.8, 4) is 0 Å². The minimum absolute atomic E-state index is 0.0154. The SMILES string of the molecule is OCc1ccc(CC=NOCc2ccc(Cl)c(C(F)(F)F)c2)cc1. The average molecular weight is 358 g/mol. The summed E-state index contributed by atoms with van der Waals surface area (Å²) in [6.07, 6.45) is -2.47. The lowest BCUT2D eigenvalue weighted by Gasteiger charge is -2.10. The molecule has 0 heterocycles. The zero-order chi connectivity index (χ0) is 17.6. The molecular formula is C17H15ClF3NO2. The topological polar surface area (TPSA) is 41.8 Å². The van der Waals surface area contributed by atoms with Crippen molar-refractivity contribution < 1.29 is 23.1 Å². The number of hydrogen-bond acceptors (Lipinski definition) is 3. The van der Waals surface area contributed by atoms with E-state index >= 15 is 0 Å². The Balaban J connectivity index is 1.87. The van der Waals surface area contributed by atoms with E-state index in [9.17, 15) is 13.2 Å². The summed E-state index contributed by atoms with van der Waals surface area (Å²) in [6.45, 7) is -0.0985. The predicted octanol–water partition coefficient (Wildman–Crippen LogP) is 4.60. The van der Waals surface area contributed by atoms with Gasteiger partial charge in [0.15, 0.2) is 0 Å². The maximum atomic E-state index is 12.7. The zero-order valence-corrected chi connectivity index (χ0v) is 13.3. The standard InChI is InChI=1S/C17H15ClF3NO2/c18-16-6-5-14(9-15(16)17(19,20)21)11-24-22-8-7-12-1-3-13(10-23)4-2-12/h1-6,8-9,23H,7,10-11H2. The smallest absolute Gasteiger partial charge is 0.392 e. The molecule has 0 aliphatic carbocycles. The van der Waals surface area contributed by atoms with Gasteiger partial charge in [-0.15, -0.1) is 0 Å². The molecule has 2 aromatic rings. The van der Waals surface area contributed by atoms with Crippen LogP contribution < -0.4 is 0 Å². The first-order chi connectivity index (χ1) is 11.4. The molecule has 0 aromatic heterocycles. The first kappa shape index (κ1) is 18.3. The molecule has 2 rings (SSSR count). The second kappa shape index (κ2) is 8.17. The van der Waals surface area contributed by atoms with Gasteiger partial charge in [-0.2, -0.15) is 13.2 Å². The number of benzene rings is 2. The normalized spacial score (nSPS) is 11.9. The molecule has 0 unspecified atom stereocenters. The first-order valence-corrected chi connectivity index (χ1v) is 7.46. The van der Waals surface area contributed by atoms with Crippen molar-refractivity contribution in [2.24, 2.45) is 5.16 Å². The van der Waals surface area contributed by atoms with Crippen LogP contribution in [0.5, 0.6) is 0 Å². The second-order valence-corrected chi connectivity index (χ2v) is 5.46. The lowest BCUT2D eigenvalue weighted by Crippen LogP contribution is -2.06. The zero-order valence-electron chi connectivity index (χ0n) is 12.6. The summed E-state index contributed by atoms with van der Waals surface area (Å²) in [4.78, 5) is 5.01. The van der Waals surface area contributed by atoms with Crippen molar-refractivity contribution in [3.05, 3.63) is 69.7 Å². The summed E-state index contributed by atoms with van der Waals surface area (Å²) in [7, 11) is 0. The van der Waals surface area contributed by atoms with Gasteiger partial charge >= 0.3 is 6.18 Å². The Labute approximate surface area is 142 Å². The van der Waals surface area contributed by atoms with Crippen LogP contribution >= 0.6 is 11.6 Å². The van der Waals surface area contributed by atoms with Crippen LogP contribution in [0.15, 0.2) is 47.6 Å². The van der Waals surface area contributed by atoms with E-state index in [0.29, 0.717) is 12.0 Å². The highest BCUT2D eigenvalue weighted by Gasteiger charge is 2.33. The summed E-state index contributed by atoms with van der Waals surface area (Å²) in [6, 6.07) is 10.9. The molecule has 0 aliphatic rings. The Bertz CT molecular complexity index is 700. The molecule has 1 N–H and O–H groups in total. The van der Waals surface area contributed by atoms with Crippen LogP contribution in [0, 0.1) is 0 Å². The van der Waals surface area contributed by atoms with E-state index in [1.807, 2.05) is 12.1 Å². The number of rotatable bonds is 6. The van der Waals surface area contributed by atoms with Crippen molar-refractivity contribution >= 4 is 17.8 Å². The van der Waals surface area contributed by atoms with Gasteiger partial charge in [-0.1, -0.05) is 47.1 Å². The Morgan fingerprint density at radius 3 is 2.29 bits per heavy atom. The number of nitrogens with zero attached hydrogens (tertiary/aromatic N) is 1. The van der Waals surface area contributed by atoms with Crippen LogP contribution in [0.3, 0.4) is 0 Å². The molecule has 0 aliphatic heterocycles. The Kier molecular flexibility index (Phi) is 6.23. The van der Waals surface area contributed by atoms with Crippen LogP contribution in [-0.4, -0.2) is 11.3 Å². The third kappa shape index (κ3) is 5.25. The highest BCUT2D eigenvalue weighted by molar-refractivity contribution is 6.31. The molecule has 0 fully saturated rings. The summed E-state index contributed by atoms with van der Waals surface area (Å²) in [5, 5.41) is 12.3. The van der Waals surface area contributed by atoms with E-state index in [1.165, 1.54) is 18.3 Å². The predicted molar refractivity (Wildman–Crippen MR) is 85.8 cm³/mol. The van der Waals surface area contributed by atoms with Gasteiger partial charge in [-0.05, 0) is 28.8 Å². The molecule has 2 aromatic carbocycles. The van der Waals surface area contributed by atoms with Gasteiger partial charge in [0.25, 0.3) is 0 Å². The quantitative estimate of drug-likeness (QED) is 0.606. The van der Waals surface area contributed by atoms with Crippen LogP contribution in [0.25, 0.3) is 0 Å². The van der Waals surface area contributed by atoms with Gasteiger partial charge in [-0.25, -0.2) is 0 Å². The molecule has 0 spiro atoms. The Morgan fingerprint density at radius 1 is 1.04 bits per heavy atom. The molecule has 24 heavy (non-hydrogen) atoms. The minimum atomic E-state index is -4.50. The fraction of sp³-hybridized carbons (Fsp3) is 0.235. The largest absolute Gasteiger partial charge is 0.417 e. The van der Waals surface area contributed by atoms with E-state index in [4.69, 9.17) is 21.5 Å². The van der Waals surface area contributed by atoms with Crippen molar-refractivity contribution in [2.75, 3.05) is 0 Å². The van der Waals surface area contributed by atoms with Crippen LogP contribution in [0.1, 0.15) is 22.3 Å². The molecule has 0 atom stereocenters. The van der Waals surface area contributed by atoms with E-state index in [1.54, 1.807) is 12.1 Å². The Morgan fingerprint density at radius 2 is 1.67 bits per heavy atom. The van der Waals surface area contributed by atoms with Gasteiger partial charge < -0.3 is 9.94 Å². The third-order valence-electron chi connectivity index (χ3n) is 3.25. The van der Waals surface area contributed by atoms with Gasteiger partial charge in [-0.3, -0.25) is 0 Å². The van der Waals surface area contributed by atoms with Gasteiger partial charge in [0.05, 0.1) is 17.2 Å². The summed E-state index contributed by atoms with van der Waals surface area (Å²) in [5.41, 5.74) is 1.23. The number of aliphatic hydroxyl groups excluding tert-OH is 1. The highest BCUT2D eigenvalue weighted by atomic mass is 35.5. The molecule has 0 amide bonds. The molecule has 7 heteroatoms. The van der Waals surface area contributed by atoms with E-state index < -0.39 is 11.7 Å². The van der Waals surface area contributed by atoms with Gasteiger partial charge in [0.1, 0.15) is 6.61 Å². The van der Waals surface area contributed by atoms with E-state index in [0.717, 1.165) is 17.2 Å². The second-order valence-electron chi connectivity index (χ2n) is 5.05. The molecule has 0 saturated carbocycles. The molecular weight excluding hydrogens is 343 g/mol. The molecule has 128 valence electrons. The summed E-state index contributed by atoms with van der Waals surface area (Å²) in [5.74, 6) is 0. The van der Waals surface area contributed by atoms with Gasteiger partial charge in [0.2, 0.25) is 0 Å². The molecule has 0 radical (unpaired) electrons. The van der Waals surface area contributed by atoms with Crippen LogP contribution in [0.2, 0.25) is 5.02 Å². The first-order valence-electron chi connectivity index (χ1n) is 7.08. The lowest BCUT2D eigenvalue weighted by atomic mass is 10.1. The number of oxime groups is 1. The number of aliphatic hydroxyl groups is 1. The monoisotopic (exact) mass is 357 g/mol. The van der Waals surface area contributed by atoms with Gasteiger partial charge in [0, 0.05) is 12.6 Å². The average Bonchev–Trinajstić information content (AvgIpc) is 2.55. The number of hydrogen-bond donors (Lipinski definition) is 1. The number of halogens is 4. The lowest BCUT2D eigenvalue weighted by molar-refractivity contribution is -0.137. The van der Waals surface area contributed by atoms with Crippen LogP contribution in [-0.2, 0) is 30.6 Å². The molecule has 0 bridgehead atoms. The minimum Gasteiger partial charge on any atom is -0.392 e. The van der Waals surface area contributed by atoms with E-state index in [2.05, 4.69) is 5.16 Å². The highest BCUT2D eigenvalue weighted by Crippen LogP contribution is 2.35.